The van der Waals surface area contributed by atoms with Gasteiger partial charge in [0, 0.05) is 24.8 Å². The van der Waals surface area contributed by atoms with Crippen LogP contribution in [0.25, 0.3) is 0 Å². The van der Waals surface area contributed by atoms with Crippen LogP contribution in [0, 0.1) is 5.92 Å². The van der Waals surface area contributed by atoms with Gasteiger partial charge in [0.05, 0.1) is 0 Å². The van der Waals surface area contributed by atoms with Gasteiger partial charge >= 0.3 is 0 Å². The van der Waals surface area contributed by atoms with E-state index in [-0.39, 0.29) is 5.91 Å². The third kappa shape index (κ3) is 4.21. The van der Waals surface area contributed by atoms with Gasteiger partial charge in [-0.15, -0.1) is 0 Å². The number of aromatic nitrogens is 1. The fourth-order valence-corrected chi connectivity index (χ4v) is 2.04. The highest BCUT2D eigenvalue weighted by Gasteiger charge is 2.17. The topological polar surface area (TPSA) is 71.2 Å². The normalized spacial score (nSPS) is 10.6. The summed E-state index contributed by atoms with van der Waals surface area (Å²) in [5.41, 5.74) is 3.08. The summed E-state index contributed by atoms with van der Waals surface area (Å²) in [4.78, 5) is 18.3. The van der Waals surface area contributed by atoms with E-state index >= 15 is 0 Å². The van der Waals surface area contributed by atoms with Crippen LogP contribution in [-0.2, 0) is 0 Å². The van der Waals surface area contributed by atoms with Crippen molar-refractivity contribution in [3.8, 4) is 0 Å². The summed E-state index contributed by atoms with van der Waals surface area (Å²) in [6.07, 6.45) is 3.77. The Labute approximate surface area is 115 Å². The molecule has 1 aromatic rings. The first kappa shape index (κ1) is 15.4. The van der Waals surface area contributed by atoms with Crippen LogP contribution in [0.2, 0.25) is 0 Å². The highest BCUT2D eigenvalue weighted by atomic mass is 16.2. The lowest BCUT2D eigenvalue weighted by Crippen LogP contribution is -2.35. The van der Waals surface area contributed by atoms with E-state index in [1.54, 1.807) is 18.3 Å². The van der Waals surface area contributed by atoms with Crippen LogP contribution in [0.5, 0.6) is 0 Å². The van der Waals surface area contributed by atoms with Crippen molar-refractivity contribution in [3.05, 3.63) is 23.9 Å². The number of anilines is 1. The van der Waals surface area contributed by atoms with Gasteiger partial charge in [0.25, 0.3) is 5.91 Å². The van der Waals surface area contributed by atoms with E-state index in [2.05, 4.69) is 24.3 Å². The monoisotopic (exact) mass is 264 g/mol. The van der Waals surface area contributed by atoms with Gasteiger partial charge in [-0.3, -0.25) is 4.79 Å². The number of nitrogen functional groups attached to an aromatic ring is 1. The molecule has 0 aliphatic carbocycles. The van der Waals surface area contributed by atoms with Gasteiger partial charge in [-0.25, -0.2) is 10.8 Å². The second-order valence-electron chi connectivity index (χ2n) is 4.60. The van der Waals surface area contributed by atoms with Crippen molar-refractivity contribution in [2.75, 3.05) is 18.5 Å². The predicted molar refractivity (Wildman–Crippen MR) is 77.7 cm³/mol. The first-order valence-electron chi connectivity index (χ1n) is 6.88. The Morgan fingerprint density at radius 2 is 2.11 bits per heavy atom. The van der Waals surface area contributed by atoms with Gasteiger partial charge in [-0.1, -0.05) is 26.7 Å². The van der Waals surface area contributed by atoms with Crippen molar-refractivity contribution in [2.45, 2.75) is 33.6 Å². The highest BCUT2D eigenvalue weighted by molar-refractivity contribution is 5.94. The molecule has 0 aliphatic heterocycles. The number of hydrogen-bond acceptors (Lipinski definition) is 4. The number of carbonyl (C=O) groups excluding carboxylic acids is 1. The SMILES string of the molecule is CCC(CC)CN(CC)C(=O)c1ccnc(NN)c1. The molecule has 0 spiro atoms. The average Bonchev–Trinajstić information content (AvgIpc) is 2.48. The van der Waals surface area contributed by atoms with Gasteiger partial charge in [0.2, 0.25) is 0 Å². The third-order valence-electron chi connectivity index (χ3n) is 3.46. The Kier molecular flexibility index (Phi) is 6.29. The second-order valence-corrected chi connectivity index (χ2v) is 4.60. The summed E-state index contributed by atoms with van der Waals surface area (Å²) in [7, 11) is 0. The van der Waals surface area contributed by atoms with Crippen molar-refractivity contribution in [1.82, 2.24) is 9.88 Å². The molecule has 0 fully saturated rings. The van der Waals surface area contributed by atoms with Crippen LogP contribution in [0.4, 0.5) is 5.82 Å². The maximum Gasteiger partial charge on any atom is 0.254 e. The van der Waals surface area contributed by atoms with Crippen molar-refractivity contribution < 1.29 is 4.79 Å². The van der Waals surface area contributed by atoms with E-state index in [0.717, 1.165) is 19.4 Å². The molecule has 0 radical (unpaired) electrons. The fourth-order valence-electron chi connectivity index (χ4n) is 2.04. The number of carbonyl (C=O) groups is 1. The number of nitrogens with one attached hydrogen (secondary N) is 1. The minimum Gasteiger partial charge on any atom is -0.339 e. The molecule has 1 rings (SSSR count). The van der Waals surface area contributed by atoms with Gasteiger partial charge in [-0.2, -0.15) is 0 Å². The lowest BCUT2D eigenvalue weighted by Gasteiger charge is -2.25. The maximum absolute atomic E-state index is 12.4. The molecule has 0 aromatic carbocycles. The van der Waals surface area contributed by atoms with Crippen molar-refractivity contribution >= 4 is 11.7 Å². The molecule has 1 amide bonds. The number of amides is 1. The van der Waals surface area contributed by atoms with Gasteiger partial charge in [0.15, 0.2) is 0 Å². The molecule has 0 unspecified atom stereocenters. The van der Waals surface area contributed by atoms with Crippen molar-refractivity contribution in [1.29, 1.82) is 0 Å². The molecular formula is C14H24N4O. The standard InChI is InChI=1S/C14H24N4O/c1-4-11(5-2)10-18(6-3)14(19)12-7-8-16-13(9-12)17-15/h7-9,11H,4-6,10,15H2,1-3H3,(H,16,17). The summed E-state index contributed by atoms with van der Waals surface area (Å²) >= 11 is 0. The molecule has 0 saturated heterocycles. The Morgan fingerprint density at radius 3 is 2.63 bits per heavy atom. The number of pyridine rings is 1. The second kappa shape index (κ2) is 7.74. The van der Waals surface area contributed by atoms with E-state index < -0.39 is 0 Å². The minimum absolute atomic E-state index is 0.0355. The Morgan fingerprint density at radius 1 is 1.42 bits per heavy atom. The third-order valence-corrected chi connectivity index (χ3v) is 3.46. The molecule has 1 heterocycles. The molecular weight excluding hydrogens is 240 g/mol. The summed E-state index contributed by atoms with van der Waals surface area (Å²) < 4.78 is 0. The maximum atomic E-state index is 12.4. The van der Waals surface area contributed by atoms with Crippen LogP contribution in [0.15, 0.2) is 18.3 Å². The Balaban J connectivity index is 2.82. The molecule has 0 saturated carbocycles. The number of nitrogens with two attached hydrogens (primary N) is 1. The Bertz CT molecular complexity index is 404. The first-order chi connectivity index (χ1) is 9.15. The van der Waals surface area contributed by atoms with Crippen molar-refractivity contribution in [3.63, 3.8) is 0 Å². The van der Waals surface area contributed by atoms with E-state index in [0.29, 0.717) is 23.8 Å². The lowest BCUT2D eigenvalue weighted by atomic mass is 10.0. The quantitative estimate of drug-likeness (QED) is 0.585. The summed E-state index contributed by atoms with van der Waals surface area (Å²) in [5.74, 6) is 6.41. The average molecular weight is 264 g/mol. The first-order valence-corrected chi connectivity index (χ1v) is 6.88. The molecule has 1 aromatic heterocycles. The van der Waals surface area contributed by atoms with E-state index in [9.17, 15) is 4.79 Å². The molecule has 0 atom stereocenters. The summed E-state index contributed by atoms with van der Waals surface area (Å²) in [6.45, 7) is 7.84. The Hall–Kier alpha value is -1.62. The van der Waals surface area contributed by atoms with Gasteiger partial charge in [0.1, 0.15) is 5.82 Å². The van der Waals surface area contributed by atoms with E-state index in [1.165, 1.54) is 0 Å². The van der Waals surface area contributed by atoms with Gasteiger partial charge < -0.3 is 10.3 Å². The largest absolute Gasteiger partial charge is 0.339 e. The zero-order chi connectivity index (χ0) is 14.3. The zero-order valence-corrected chi connectivity index (χ0v) is 12.0. The van der Waals surface area contributed by atoms with Crippen LogP contribution >= 0.6 is 0 Å². The summed E-state index contributed by atoms with van der Waals surface area (Å²) in [5, 5.41) is 0. The molecule has 3 N–H and O–H groups in total. The van der Waals surface area contributed by atoms with Crippen LogP contribution < -0.4 is 11.3 Å². The molecule has 0 bridgehead atoms. The lowest BCUT2D eigenvalue weighted by molar-refractivity contribution is 0.0735. The number of rotatable bonds is 7. The molecule has 5 heteroatoms. The molecule has 106 valence electrons. The smallest absolute Gasteiger partial charge is 0.254 e. The fraction of sp³-hybridized carbons (Fsp3) is 0.571. The summed E-state index contributed by atoms with van der Waals surface area (Å²) in [6, 6.07) is 3.40. The van der Waals surface area contributed by atoms with Crippen LogP contribution in [0.1, 0.15) is 44.0 Å². The van der Waals surface area contributed by atoms with Crippen molar-refractivity contribution in [2.24, 2.45) is 11.8 Å². The van der Waals surface area contributed by atoms with Gasteiger partial charge in [-0.05, 0) is 25.0 Å². The van der Waals surface area contributed by atoms with Crippen LogP contribution in [0.3, 0.4) is 0 Å². The van der Waals surface area contributed by atoms with Crippen LogP contribution in [-0.4, -0.2) is 28.9 Å². The van der Waals surface area contributed by atoms with E-state index in [4.69, 9.17) is 5.84 Å². The number of nitrogens with zero attached hydrogens (tertiary/aromatic N) is 2. The zero-order valence-electron chi connectivity index (χ0n) is 12.0. The molecule has 5 nitrogen and oxygen atoms in total. The predicted octanol–water partition coefficient (Wildman–Crippen LogP) is 2.27. The van der Waals surface area contributed by atoms with E-state index in [1.807, 2.05) is 11.8 Å². The molecule has 19 heavy (non-hydrogen) atoms. The number of hydrogen-bond donors (Lipinski definition) is 2. The molecule has 0 aliphatic rings. The minimum atomic E-state index is 0.0355. The number of hydrazine groups is 1. The highest BCUT2D eigenvalue weighted by Crippen LogP contribution is 2.14.